The number of pyridine rings is 1. The minimum atomic E-state index is 0.0202. The van der Waals surface area contributed by atoms with E-state index in [-0.39, 0.29) is 5.78 Å². The van der Waals surface area contributed by atoms with Gasteiger partial charge < -0.3 is 0 Å². The van der Waals surface area contributed by atoms with Crippen molar-refractivity contribution in [3.63, 3.8) is 0 Å². The zero-order valence-electron chi connectivity index (χ0n) is 8.45. The van der Waals surface area contributed by atoms with Crippen LogP contribution in [0.4, 0.5) is 0 Å². The summed E-state index contributed by atoms with van der Waals surface area (Å²) in [6.45, 7) is 7.34. The molecule has 0 radical (unpaired) electrons. The number of allylic oxidation sites excluding steroid dienone is 3. The van der Waals surface area contributed by atoms with E-state index in [1.54, 1.807) is 18.5 Å². The fourth-order valence-electron chi connectivity index (χ4n) is 1.04. The summed E-state index contributed by atoms with van der Waals surface area (Å²) >= 11 is 0. The second-order valence-corrected chi connectivity index (χ2v) is 3.22. The van der Waals surface area contributed by atoms with Gasteiger partial charge in [0, 0.05) is 12.4 Å². The van der Waals surface area contributed by atoms with E-state index in [1.165, 1.54) is 13.0 Å². The second kappa shape index (κ2) is 4.51. The highest BCUT2D eigenvalue weighted by atomic mass is 16.1. The van der Waals surface area contributed by atoms with Crippen molar-refractivity contribution in [1.29, 1.82) is 0 Å². The number of hydrogen-bond acceptors (Lipinski definition) is 2. The molecule has 2 heteroatoms. The molecule has 0 aromatic carbocycles. The van der Waals surface area contributed by atoms with Crippen LogP contribution in [0.3, 0.4) is 0 Å². The van der Waals surface area contributed by atoms with Crippen molar-refractivity contribution in [2.24, 2.45) is 0 Å². The molecular formula is C12H13NO. The molecule has 0 saturated heterocycles. The van der Waals surface area contributed by atoms with Crippen LogP contribution in [0.25, 0.3) is 5.57 Å². The van der Waals surface area contributed by atoms with Crippen LogP contribution in [0.2, 0.25) is 0 Å². The quantitative estimate of drug-likeness (QED) is 0.537. The molecule has 0 unspecified atom stereocenters. The van der Waals surface area contributed by atoms with Gasteiger partial charge in [0.05, 0.1) is 0 Å². The third-order valence-electron chi connectivity index (χ3n) is 1.76. The average molecular weight is 187 g/mol. The minimum Gasteiger partial charge on any atom is -0.295 e. The van der Waals surface area contributed by atoms with E-state index in [1.807, 2.05) is 13.0 Å². The third-order valence-corrected chi connectivity index (χ3v) is 1.76. The smallest absolute Gasteiger partial charge is 0.152 e. The zero-order valence-corrected chi connectivity index (χ0v) is 8.45. The van der Waals surface area contributed by atoms with E-state index < -0.39 is 0 Å². The van der Waals surface area contributed by atoms with Crippen LogP contribution >= 0.6 is 0 Å². The van der Waals surface area contributed by atoms with Crippen LogP contribution in [-0.2, 0) is 4.79 Å². The molecule has 0 fully saturated rings. The lowest BCUT2D eigenvalue weighted by molar-refractivity contribution is -0.112. The standard InChI is InChI=1S/C12H13NO/c1-9-6-12(8-13-7-9)10(2)4-5-11(3)14/h4-8H,2H2,1,3H3/b5-4-. The normalized spacial score (nSPS) is 10.4. The van der Waals surface area contributed by atoms with Gasteiger partial charge in [-0.1, -0.05) is 12.7 Å². The first kappa shape index (κ1) is 10.4. The van der Waals surface area contributed by atoms with Gasteiger partial charge in [-0.15, -0.1) is 0 Å². The van der Waals surface area contributed by atoms with Gasteiger partial charge in [0.1, 0.15) is 0 Å². The van der Waals surface area contributed by atoms with Crippen molar-refractivity contribution >= 4 is 11.4 Å². The Hall–Kier alpha value is -1.70. The van der Waals surface area contributed by atoms with Crippen LogP contribution in [0.5, 0.6) is 0 Å². The first-order chi connectivity index (χ1) is 6.59. The number of rotatable bonds is 3. The monoisotopic (exact) mass is 187 g/mol. The number of aryl methyl sites for hydroxylation is 1. The fourth-order valence-corrected chi connectivity index (χ4v) is 1.04. The Labute approximate surface area is 84.0 Å². The highest BCUT2D eigenvalue weighted by Gasteiger charge is 1.95. The van der Waals surface area contributed by atoms with Gasteiger partial charge in [-0.3, -0.25) is 9.78 Å². The summed E-state index contributed by atoms with van der Waals surface area (Å²) in [4.78, 5) is 14.8. The molecule has 1 heterocycles. The summed E-state index contributed by atoms with van der Waals surface area (Å²) in [7, 11) is 0. The SMILES string of the molecule is C=C(/C=C\C(C)=O)c1cncc(C)c1. The van der Waals surface area contributed by atoms with Crippen LogP contribution < -0.4 is 0 Å². The summed E-state index contributed by atoms with van der Waals surface area (Å²) in [5, 5.41) is 0. The van der Waals surface area contributed by atoms with Gasteiger partial charge in [-0.25, -0.2) is 0 Å². The molecule has 0 bridgehead atoms. The maximum atomic E-state index is 10.7. The highest BCUT2D eigenvalue weighted by Crippen LogP contribution is 2.13. The van der Waals surface area contributed by atoms with Crippen LogP contribution in [-0.4, -0.2) is 10.8 Å². The lowest BCUT2D eigenvalue weighted by Gasteiger charge is -2.00. The summed E-state index contributed by atoms with van der Waals surface area (Å²) < 4.78 is 0. The Bertz CT molecular complexity index is 391. The van der Waals surface area contributed by atoms with Crippen molar-refractivity contribution in [2.75, 3.05) is 0 Å². The molecule has 0 saturated carbocycles. The predicted octanol–water partition coefficient (Wildman–Crippen LogP) is 2.55. The minimum absolute atomic E-state index is 0.0202. The summed E-state index contributed by atoms with van der Waals surface area (Å²) in [6.07, 6.45) is 6.73. The summed E-state index contributed by atoms with van der Waals surface area (Å²) in [5.41, 5.74) is 2.83. The highest BCUT2D eigenvalue weighted by molar-refractivity contribution is 5.90. The van der Waals surface area contributed by atoms with Gasteiger partial charge in [-0.2, -0.15) is 0 Å². The van der Waals surface area contributed by atoms with Crippen molar-refractivity contribution < 1.29 is 4.79 Å². The molecule has 0 aliphatic rings. The second-order valence-electron chi connectivity index (χ2n) is 3.22. The molecule has 1 aromatic heterocycles. The Morgan fingerprint density at radius 2 is 2.14 bits per heavy atom. The van der Waals surface area contributed by atoms with Crippen molar-refractivity contribution in [3.05, 3.63) is 48.3 Å². The number of carbonyl (C=O) groups excluding carboxylic acids is 1. The van der Waals surface area contributed by atoms with Gasteiger partial charge in [0.25, 0.3) is 0 Å². The maximum Gasteiger partial charge on any atom is 0.152 e. The summed E-state index contributed by atoms with van der Waals surface area (Å²) in [5.74, 6) is 0.0202. The van der Waals surface area contributed by atoms with E-state index >= 15 is 0 Å². The van der Waals surface area contributed by atoms with Crippen LogP contribution in [0, 0.1) is 6.92 Å². The van der Waals surface area contributed by atoms with Crippen molar-refractivity contribution in [1.82, 2.24) is 4.98 Å². The average Bonchev–Trinajstić information content (AvgIpc) is 2.14. The first-order valence-electron chi connectivity index (χ1n) is 4.39. The lowest BCUT2D eigenvalue weighted by Crippen LogP contribution is -1.85. The van der Waals surface area contributed by atoms with Crippen molar-refractivity contribution in [2.45, 2.75) is 13.8 Å². The Morgan fingerprint density at radius 3 is 2.71 bits per heavy atom. The largest absolute Gasteiger partial charge is 0.295 e. The molecule has 0 amide bonds. The number of hydrogen-bond donors (Lipinski definition) is 0. The molecular weight excluding hydrogens is 174 g/mol. The van der Waals surface area contributed by atoms with Gasteiger partial charge >= 0.3 is 0 Å². The Kier molecular flexibility index (Phi) is 3.35. The van der Waals surface area contributed by atoms with Gasteiger partial charge in [0.15, 0.2) is 5.78 Å². The van der Waals surface area contributed by atoms with Gasteiger partial charge in [0.2, 0.25) is 0 Å². The molecule has 0 N–H and O–H groups in total. The molecule has 0 aliphatic carbocycles. The predicted molar refractivity (Wildman–Crippen MR) is 57.8 cm³/mol. The molecule has 0 spiro atoms. The van der Waals surface area contributed by atoms with Crippen molar-refractivity contribution in [3.8, 4) is 0 Å². The lowest BCUT2D eigenvalue weighted by atomic mass is 10.1. The number of nitrogens with zero attached hydrogens (tertiary/aromatic N) is 1. The van der Waals surface area contributed by atoms with E-state index in [4.69, 9.17) is 0 Å². The molecule has 2 nitrogen and oxygen atoms in total. The van der Waals surface area contributed by atoms with E-state index in [0.717, 1.165) is 16.7 Å². The van der Waals surface area contributed by atoms with E-state index in [2.05, 4.69) is 11.6 Å². The fraction of sp³-hybridized carbons (Fsp3) is 0.167. The van der Waals surface area contributed by atoms with Gasteiger partial charge in [-0.05, 0) is 42.7 Å². The summed E-state index contributed by atoms with van der Waals surface area (Å²) in [6, 6.07) is 1.99. The molecule has 1 aromatic rings. The molecule has 14 heavy (non-hydrogen) atoms. The third kappa shape index (κ3) is 2.98. The molecule has 0 aliphatic heterocycles. The number of ketones is 1. The maximum absolute atomic E-state index is 10.7. The molecule has 0 atom stereocenters. The number of aromatic nitrogens is 1. The topological polar surface area (TPSA) is 30.0 Å². The Balaban J connectivity index is 2.85. The zero-order chi connectivity index (χ0) is 10.6. The number of carbonyl (C=O) groups is 1. The first-order valence-corrected chi connectivity index (χ1v) is 4.39. The van der Waals surface area contributed by atoms with E-state index in [9.17, 15) is 4.79 Å². The molecule has 72 valence electrons. The Morgan fingerprint density at radius 1 is 1.43 bits per heavy atom. The molecule has 1 rings (SSSR count). The van der Waals surface area contributed by atoms with Crippen LogP contribution in [0.1, 0.15) is 18.1 Å². The van der Waals surface area contributed by atoms with Crippen LogP contribution in [0.15, 0.2) is 37.2 Å². The van der Waals surface area contributed by atoms with E-state index in [0.29, 0.717) is 0 Å².